The molecule has 1 aromatic rings. The Balaban J connectivity index is 2.01. The van der Waals surface area contributed by atoms with Crippen LogP contribution in [0, 0.1) is 5.92 Å². The van der Waals surface area contributed by atoms with Gasteiger partial charge in [0.05, 0.1) is 21.2 Å². The standard InChI is InChI=1S/C17H18Cl2N2O5/c1-8(2)6-20-15(23)9(3)26-14(22)7-21-16(24)10-4-12(18)13(19)5-11(10)17(21)25/h4-5,8-9H,6-7H2,1-3H3,(H,20,23)/t9-/m1/s1. The second-order valence-electron chi connectivity index (χ2n) is 6.28. The molecule has 0 unspecified atom stereocenters. The van der Waals surface area contributed by atoms with E-state index in [9.17, 15) is 19.2 Å². The highest BCUT2D eigenvalue weighted by Gasteiger charge is 2.38. The fraction of sp³-hybridized carbons (Fsp3) is 0.412. The highest BCUT2D eigenvalue weighted by molar-refractivity contribution is 6.43. The van der Waals surface area contributed by atoms with Crippen LogP contribution in [0.2, 0.25) is 10.0 Å². The number of carbonyl (C=O) groups excluding carboxylic acids is 4. The molecule has 1 aliphatic rings. The number of rotatable bonds is 6. The zero-order valence-electron chi connectivity index (χ0n) is 14.5. The summed E-state index contributed by atoms with van der Waals surface area (Å²) in [4.78, 5) is 49.2. The van der Waals surface area contributed by atoms with E-state index in [4.69, 9.17) is 27.9 Å². The molecule has 0 radical (unpaired) electrons. The number of halogens is 2. The number of nitrogens with zero attached hydrogens (tertiary/aromatic N) is 1. The Bertz CT molecular complexity index is 738. The number of esters is 1. The van der Waals surface area contributed by atoms with Crippen LogP contribution in [0.3, 0.4) is 0 Å². The molecule has 0 spiro atoms. The van der Waals surface area contributed by atoms with Crippen molar-refractivity contribution in [3.63, 3.8) is 0 Å². The SMILES string of the molecule is CC(C)CNC(=O)[C@@H](C)OC(=O)CN1C(=O)c2cc(Cl)c(Cl)cc2C1=O. The van der Waals surface area contributed by atoms with Crippen molar-refractivity contribution < 1.29 is 23.9 Å². The van der Waals surface area contributed by atoms with Gasteiger partial charge < -0.3 is 10.1 Å². The van der Waals surface area contributed by atoms with Crippen molar-refractivity contribution in [3.8, 4) is 0 Å². The van der Waals surface area contributed by atoms with Gasteiger partial charge in [0.25, 0.3) is 17.7 Å². The normalized spacial score (nSPS) is 14.5. The Morgan fingerprint density at radius 1 is 1.08 bits per heavy atom. The summed E-state index contributed by atoms with van der Waals surface area (Å²) < 4.78 is 5.00. The van der Waals surface area contributed by atoms with E-state index >= 15 is 0 Å². The largest absolute Gasteiger partial charge is 0.451 e. The number of hydrogen-bond acceptors (Lipinski definition) is 5. The first-order valence-electron chi connectivity index (χ1n) is 7.94. The lowest BCUT2D eigenvalue weighted by Gasteiger charge is -2.17. The molecule has 1 heterocycles. The maximum Gasteiger partial charge on any atom is 0.326 e. The van der Waals surface area contributed by atoms with E-state index < -0.39 is 36.3 Å². The van der Waals surface area contributed by atoms with Crippen LogP contribution in [-0.4, -0.2) is 47.8 Å². The molecule has 26 heavy (non-hydrogen) atoms. The number of imide groups is 1. The lowest BCUT2D eigenvalue weighted by Crippen LogP contribution is -2.41. The van der Waals surface area contributed by atoms with Crippen molar-refractivity contribution in [3.05, 3.63) is 33.3 Å². The van der Waals surface area contributed by atoms with Crippen LogP contribution in [0.25, 0.3) is 0 Å². The van der Waals surface area contributed by atoms with Gasteiger partial charge in [-0.05, 0) is 25.0 Å². The number of amides is 3. The average molecular weight is 401 g/mol. The van der Waals surface area contributed by atoms with Crippen LogP contribution in [0.4, 0.5) is 0 Å². The third-order valence-electron chi connectivity index (χ3n) is 3.66. The maximum atomic E-state index is 12.3. The summed E-state index contributed by atoms with van der Waals surface area (Å²) in [5.74, 6) is -2.41. The third kappa shape index (κ3) is 4.34. The Labute approximate surface area is 160 Å². The lowest BCUT2D eigenvalue weighted by atomic mass is 10.1. The molecular weight excluding hydrogens is 383 g/mol. The maximum absolute atomic E-state index is 12.3. The fourth-order valence-corrected chi connectivity index (χ4v) is 2.62. The first-order valence-corrected chi connectivity index (χ1v) is 8.69. The predicted octanol–water partition coefficient (Wildman–Crippen LogP) is 2.29. The van der Waals surface area contributed by atoms with E-state index in [0.717, 1.165) is 4.90 Å². The van der Waals surface area contributed by atoms with Crippen molar-refractivity contribution in [1.82, 2.24) is 10.2 Å². The summed E-state index contributed by atoms with van der Waals surface area (Å²) >= 11 is 11.7. The number of hydrogen-bond donors (Lipinski definition) is 1. The molecule has 2 rings (SSSR count). The van der Waals surface area contributed by atoms with Gasteiger partial charge in [0.2, 0.25) is 0 Å². The van der Waals surface area contributed by atoms with E-state index in [1.807, 2.05) is 13.8 Å². The molecule has 1 N–H and O–H groups in total. The second-order valence-corrected chi connectivity index (χ2v) is 7.09. The van der Waals surface area contributed by atoms with Gasteiger partial charge >= 0.3 is 5.97 Å². The summed E-state index contributed by atoms with van der Waals surface area (Å²) in [7, 11) is 0. The molecule has 0 aromatic heterocycles. The minimum Gasteiger partial charge on any atom is -0.451 e. The minimum atomic E-state index is -1.04. The van der Waals surface area contributed by atoms with Gasteiger partial charge in [-0.2, -0.15) is 0 Å². The molecule has 0 saturated heterocycles. The Hall–Kier alpha value is -2.12. The number of ether oxygens (including phenoxy) is 1. The molecular formula is C17H18Cl2N2O5. The Morgan fingerprint density at radius 3 is 2.04 bits per heavy atom. The summed E-state index contributed by atoms with van der Waals surface area (Å²) in [5, 5.41) is 2.89. The van der Waals surface area contributed by atoms with Gasteiger partial charge in [-0.1, -0.05) is 37.0 Å². The quantitative estimate of drug-likeness (QED) is 0.583. The summed E-state index contributed by atoms with van der Waals surface area (Å²) in [6, 6.07) is 2.57. The van der Waals surface area contributed by atoms with Crippen LogP contribution >= 0.6 is 23.2 Å². The molecule has 1 aromatic carbocycles. The molecule has 0 bridgehead atoms. The van der Waals surface area contributed by atoms with Crippen LogP contribution in [-0.2, 0) is 14.3 Å². The van der Waals surface area contributed by atoms with Crippen molar-refractivity contribution >= 4 is 46.9 Å². The summed E-state index contributed by atoms with van der Waals surface area (Å²) in [6.45, 7) is 5.11. The van der Waals surface area contributed by atoms with Crippen molar-refractivity contribution in [2.75, 3.05) is 13.1 Å². The second kappa shape index (κ2) is 8.05. The number of benzene rings is 1. The van der Waals surface area contributed by atoms with Crippen LogP contribution in [0.15, 0.2) is 12.1 Å². The smallest absolute Gasteiger partial charge is 0.326 e. The van der Waals surface area contributed by atoms with Gasteiger partial charge in [-0.25, -0.2) is 0 Å². The van der Waals surface area contributed by atoms with Crippen LogP contribution in [0.5, 0.6) is 0 Å². The molecule has 3 amide bonds. The zero-order valence-corrected chi connectivity index (χ0v) is 16.0. The Morgan fingerprint density at radius 2 is 1.58 bits per heavy atom. The van der Waals surface area contributed by atoms with Gasteiger partial charge in [0, 0.05) is 6.54 Å². The third-order valence-corrected chi connectivity index (χ3v) is 4.38. The van der Waals surface area contributed by atoms with E-state index in [1.165, 1.54) is 19.1 Å². The first-order chi connectivity index (χ1) is 12.1. The van der Waals surface area contributed by atoms with Gasteiger partial charge in [-0.3, -0.25) is 24.1 Å². The van der Waals surface area contributed by atoms with Crippen molar-refractivity contribution in [2.45, 2.75) is 26.9 Å². The van der Waals surface area contributed by atoms with Crippen molar-refractivity contribution in [2.24, 2.45) is 5.92 Å². The fourth-order valence-electron chi connectivity index (χ4n) is 2.29. The zero-order chi connectivity index (χ0) is 19.6. The molecule has 140 valence electrons. The number of nitrogens with one attached hydrogen (secondary N) is 1. The number of carbonyl (C=O) groups is 4. The van der Waals surface area contributed by atoms with E-state index in [2.05, 4.69) is 5.32 Å². The van der Waals surface area contributed by atoms with Gasteiger partial charge in [0.1, 0.15) is 6.54 Å². The summed E-state index contributed by atoms with van der Waals surface area (Å²) in [5.41, 5.74) is 0.139. The van der Waals surface area contributed by atoms with Crippen LogP contribution in [0.1, 0.15) is 41.5 Å². The average Bonchev–Trinajstić information content (AvgIpc) is 2.77. The van der Waals surface area contributed by atoms with Crippen LogP contribution < -0.4 is 5.32 Å². The van der Waals surface area contributed by atoms with Gasteiger partial charge in [-0.15, -0.1) is 0 Å². The first kappa shape index (κ1) is 20.2. The molecule has 9 heteroatoms. The Kier molecular flexibility index (Phi) is 6.26. The van der Waals surface area contributed by atoms with E-state index in [0.29, 0.717) is 6.54 Å². The number of fused-ring (bicyclic) bond motifs is 1. The molecule has 1 atom stereocenters. The topological polar surface area (TPSA) is 92.8 Å². The minimum absolute atomic E-state index is 0.0694. The monoisotopic (exact) mass is 400 g/mol. The highest BCUT2D eigenvalue weighted by Crippen LogP contribution is 2.31. The molecule has 0 aliphatic carbocycles. The van der Waals surface area contributed by atoms with Crippen molar-refractivity contribution in [1.29, 1.82) is 0 Å². The lowest BCUT2D eigenvalue weighted by molar-refractivity contribution is -0.154. The van der Waals surface area contributed by atoms with Gasteiger partial charge in [0.15, 0.2) is 6.10 Å². The molecule has 0 fully saturated rings. The molecule has 1 aliphatic heterocycles. The van der Waals surface area contributed by atoms with E-state index in [-0.39, 0.29) is 27.1 Å². The molecule has 0 saturated carbocycles. The predicted molar refractivity (Wildman–Crippen MR) is 95.2 cm³/mol. The summed E-state index contributed by atoms with van der Waals surface area (Å²) in [6.07, 6.45) is -1.04. The highest BCUT2D eigenvalue weighted by atomic mass is 35.5. The molecule has 7 nitrogen and oxygen atoms in total. The van der Waals surface area contributed by atoms with E-state index in [1.54, 1.807) is 0 Å².